The first-order chi connectivity index (χ1) is 27.6. The standard InChI is InChI=1S/C52H38N4/c53-34-35-14-28-45-46-29-27-44(33-48(46)52(47(45)32-35)30-8-3-9-31-52)40-21-19-38(20-22-40)36-15-17-37(18-16-36)39-23-25-43(26-24-39)51-55-49(41-10-4-1-5-11-41)54-50(56-51)42-12-6-2-7-13-42/h1-2,4-7,10-29,32-33H,3,8-9,30-31H2. The van der Waals surface area contributed by atoms with Crippen LogP contribution < -0.4 is 0 Å². The van der Waals surface area contributed by atoms with E-state index >= 15 is 0 Å². The Kier molecular flexibility index (Phi) is 8.42. The fourth-order valence-corrected chi connectivity index (χ4v) is 8.90. The first-order valence-corrected chi connectivity index (χ1v) is 19.5. The molecule has 2 aliphatic carbocycles. The van der Waals surface area contributed by atoms with Crippen LogP contribution in [0.2, 0.25) is 0 Å². The van der Waals surface area contributed by atoms with Crippen molar-refractivity contribution in [2.24, 2.45) is 0 Å². The van der Waals surface area contributed by atoms with Gasteiger partial charge in [0.15, 0.2) is 17.5 Å². The Morgan fingerprint density at radius 3 is 1.21 bits per heavy atom. The zero-order valence-corrected chi connectivity index (χ0v) is 31.0. The average Bonchev–Trinajstić information content (AvgIpc) is 3.54. The quantitative estimate of drug-likeness (QED) is 0.172. The third-order valence-corrected chi connectivity index (χ3v) is 11.8. The molecule has 56 heavy (non-hydrogen) atoms. The summed E-state index contributed by atoms with van der Waals surface area (Å²) in [6.45, 7) is 0. The maximum absolute atomic E-state index is 9.70. The van der Waals surface area contributed by atoms with Gasteiger partial charge in [-0.05, 0) is 86.7 Å². The first-order valence-electron chi connectivity index (χ1n) is 19.5. The lowest BCUT2D eigenvalue weighted by molar-refractivity contribution is 0.353. The molecule has 4 nitrogen and oxygen atoms in total. The number of benzene rings is 7. The number of nitriles is 1. The van der Waals surface area contributed by atoms with Crippen LogP contribution in [0.3, 0.4) is 0 Å². The van der Waals surface area contributed by atoms with Crippen LogP contribution in [0.5, 0.6) is 0 Å². The molecular formula is C52H38N4. The molecule has 266 valence electrons. The molecule has 0 atom stereocenters. The lowest BCUT2D eigenvalue weighted by atomic mass is 9.67. The van der Waals surface area contributed by atoms with Gasteiger partial charge in [0.1, 0.15) is 0 Å². The zero-order chi connectivity index (χ0) is 37.5. The summed E-state index contributed by atoms with van der Waals surface area (Å²) in [6.07, 6.45) is 6.03. The molecule has 7 aromatic carbocycles. The lowest BCUT2D eigenvalue weighted by Gasteiger charge is -2.36. The van der Waals surface area contributed by atoms with Gasteiger partial charge in [0.25, 0.3) is 0 Å². The van der Waals surface area contributed by atoms with Crippen molar-refractivity contribution in [2.75, 3.05) is 0 Å². The van der Waals surface area contributed by atoms with E-state index in [1.165, 1.54) is 63.8 Å². The summed E-state index contributed by atoms with van der Waals surface area (Å²) in [7, 11) is 0. The van der Waals surface area contributed by atoms with Gasteiger partial charge < -0.3 is 0 Å². The second kappa shape index (κ2) is 14.0. The fraction of sp³-hybridized carbons (Fsp3) is 0.115. The highest BCUT2D eigenvalue weighted by Crippen LogP contribution is 2.56. The molecule has 0 unspecified atom stereocenters. The van der Waals surface area contributed by atoms with Gasteiger partial charge in [0, 0.05) is 22.1 Å². The summed E-state index contributed by atoms with van der Waals surface area (Å²) in [6, 6.07) is 62.1. The van der Waals surface area contributed by atoms with Crippen LogP contribution in [-0.2, 0) is 5.41 Å². The average molecular weight is 719 g/mol. The molecule has 1 saturated carbocycles. The largest absolute Gasteiger partial charge is 0.208 e. The normalized spacial score (nSPS) is 13.8. The maximum atomic E-state index is 9.70. The highest BCUT2D eigenvalue weighted by molar-refractivity contribution is 5.85. The van der Waals surface area contributed by atoms with Crippen LogP contribution in [0, 0.1) is 11.3 Å². The predicted octanol–water partition coefficient (Wildman–Crippen LogP) is 13.0. The van der Waals surface area contributed by atoms with Crippen molar-refractivity contribution in [1.82, 2.24) is 15.0 Å². The monoisotopic (exact) mass is 718 g/mol. The molecule has 4 heteroatoms. The highest BCUT2D eigenvalue weighted by atomic mass is 15.0. The molecular weight excluding hydrogens is 681 g/mol. The third kappa shape index (κ3) is 5.99. The van der Waals surface area contributed by atoms with Gasteiger partial charge >= 0.3 is 0 Å². The Bertz CT molecular complexity index is 2680. The Hall–Kier alpha value is -6.96. The minimum Gasteiger partial charge on any atom is -0.208 e. The number of aromatic nitrogens is 3. The van der Waals surface area contributed by atoms with E-state index in [0.29, 0.717) is 17.5 Å². The van der Waals surface area contributed by atoms with Gasteiger partial charge in [-0.3, -0.25) is 0 Å². The Morgan fingerprint density at radius 1 is 0.375 bits per heavy atom. The molecule has 0 amide bonds. The first kappa shape index (κ1) is 33.6. The molecule has 0 bridgehead atoms. The smallest absolute Gasteiger partial charge is 0.164 e. The molecule has 0 N–H and O–H groups in total. The molecule has 1 fully saturated rings. The SMILES string of the molecule is N#Cc1ccc2c(c1)C1(CCCCC1)c1cc(-c3ccc(-c4ccc(-c5ccc(-c6nc(-c7ccccc7)nc(-c7ccccc7)n6)cc5)cc4)cc3)ccc1-2. The van der Waals surface area contributed by atoms with E-state index in [-0.39, 0.29) is 5.41 Å². The number of rotatable bonds is 6. The summed E-state index contributed by atoms with van der Waals surface area (Å²) in [4.78, 5) is 14.6. The second-order valence-electron chi connectivity index (χ2n) is 15.0. The molecule has 1 spiro atoms. The Labute approximate surface area is 327 Å². The molecule has 1 aromatic heterocycles. The van der Waals surface area contributed by atoms with E-state index < -0.39 is 0 Å². The van der Waals surface area contributed by atoms with E-state index in [1.807, 2.05) is 66.7 Å². The van der Waals surface area contributed by atoms with Gasteiger partial charge in [0.05, 0.1) is 11.6 Å². The summed E-state index contributed by atoms with van der Waals surface area (Å²) < 4.78 is 0. The minimum absolute atomic E-state index is 0.0123. The van der Waals surface area contributed by atoms with E-state index in [0.717, 1.165) is 46.2 Å². The second-order valence-corrected chi connectivity index (χ2v) is 15.0. The van der Waals surface area contributed by atoms with Crippen LogP contribution in [0.15, 0.2) is 170 Å². The zero-order valence-electron chi connectivity index (χ0n) is 31.0. The van der Waals surface area contributed by atoms with Crippen molar-refractivity contribution in [3.63, 3.8) is 0 Å². The van der Waals surface area contributed by atoms with Crippen molar-refractivity contribution < 1.29 is 0 Å². The summed E-state index contributed by atoms with van der Waals surface area (Å²) in [5.74, 6) is 1.96. The van der Waals surface area contributed by atoms with E-state index in [1.54, 1.807) is 0 Å². The van der Waals surface area contributed by atoms with Crippen LogP contribution in [0.4, 0.5) is 0 Å². The Morgan fingerprint density at radius 2 is 0.750 bits per heavy atom. The molecule has 0 radical (unpaired) electrons. The summed E-state index contributed by atoms with van der Waals surface area (Å²) >= 11 is 0. The molecule has 10 rings (SSSR count). The molecule has 8 aromatic rings. The van der Waals surface area contributed by atoms with Crippen LogP contribution in [-0.4, -0.2) is 15.0 Å². The highest BCUT2D eigenvalue weighted by Gasteiger charge is 2.44. The molecule has 0 saturated heterocycles. The molecule has 1 heterocycles. The molecule has 0 aliphatic heterocycles. The topological polar surface area (TPSA) is 62.5 Å². The molecule has 2 aliphatic rings. The number of fused-ring (bicyclic) bond motifs is 5. The van der Waals surface area contributed by atoms with Crippen molar-refractivity contribution >= 4 is 0 Å². The van der Waals surface area contributed by atoms with Crippen molar-refractivity contribution in [3.05, 3.63) is 187 Å². The van der Waals surface area contributed by atoms with Crippen LogP contribution in [0.1, 0.15) is 48.8 Å². The predicted molar refractivity (Wildman–Crippen MR) is 226 cm³/mol. The van der Waals surface area contributed by atoms with Gasteiger partial charge in [0.2, 0.25) is 0 Å². The third-order valence-electron chi connectivity index (χ3n) is 11.8. The lowest BCUT2D eigenvalue weighted by Crippen LogP contribution is -2.28. The van der Waals surface area contributed by atoms with Gasteiger partial charge in [-0.15, -0.1) is 0 Å². The van der Waals surface area contributed by atoms with Crippen LogP contribution >= 0.6 is 0 Å². The van der Waals surface area contributed by atoms with E-state index in [4.69, 9.17) is 15.0 Å². The van der Waals surface area contributed by atoms with Gasteiger partial charge in [-0.1, -0.05) is 171 Å². The van der Waals surface area contributed by atoms with Gasteiger partial charge in [-0.2, -0.15) is 5.26 Å². The van der Waals surface area contributed by atoms with E-state index in [9.17, 15) is 5.26 Å². The number of hydrogen-bond acceptors (Lipinski definition) is 4. The Balaban J connectivity index is 0.894. The van der Waals surface area contributed by atoms with Crippen LogP contribution in [0.25, 0.3) is 78.7 Å². The van der Waals surface area contributed by atoms with Crippen molar-refractivity contribution in [2.45, 2.75) is 37.5 Å². The fourth-order valence-electron chi connectivity index (χ4n) is 8.90. The number of nitrogens with zero attached hydrogens (tertiary/aromatic N) is 4. The minimum atomic E-state index is 0.0123. The maximum Gasteiger partial charge on any atom is 0.164 e. The summed E-state index contributed by atoms with van der Waals surface area (Å²) in [5, 5.41) is 9.70. The number of hydrogen-bond donors (Lipinski definition) is 0. The van der Waals surface area contributed by atoms with Crippen molar-refractivity contribution in [1.29, 1.82) is 5.26 Å². The van der Waals surface area contributed by atoms with Gasteiger partial charge in [-0.25, -0.2) is 15.0 Å². The van der Waals surface area contributed by atoms with E-state index in [2.05, 4.69) is 109 Å². The van der Waals surface area contributed by atoms with Crippen molar-refractivity contribution in [3.8, 4) is 84.7 Å². The summed E-state index contributed by atoms with van der Waals surface area (Å²) in [5.41, 5.74) is 16.2.